The van der Waals surface area contributed by atoms with Gasteiger partial charge in [0.05, 0.1) is 17.9 Å². The molecule has 0 saturated heterocycles. The molecule has 0 spiro atoms. The first-order chi connectivity index (χ1) is 9.66. The van der Waals surface area contributed by atoms with Crippen LogP contribution >= 0.6 is 11.6 Å². The van der Waals surface area contributed by atoms with Crippen LogP contribution in [0.2, 0.25) is 5.02 Å². The van der Waals surface area contributed by atoms with Crippen LogP contribution in [0, 0.1) is 0 Å². The topological polar surface area (TPSA) is 39.1 Å². The molecule has 1 aromatic carbocycles. The molecule has 0 atom stereocenters. The second-order valence-corrected chi connectivity index (χ2v) is 5.32. The molecule has 5 heteroatoms. The van der Waals surface area contributed by atoms with Crippen LogP contribution in [0.25, 0.3) is 0 Å². The van der Waals surface area contributed by atoms with Gasteiger partial charge >= 0.3 is 0 Å². The largest absolute Gasteiger partial charge is 0.490 e. The van der Waals surface area contributed by atoms with Crippen molar-refractivity contribution in [2.24, 2.45) is 0 Å². The van der Waals surface area contributed by atoms with Gasteiger partial charge in [-0.2, -0.15) is 0 Å². The third kappa shape index (κ3) is 4.25. The van der Waals surface area contributed by atoms with Gasteiger partial charge in [0.15, 0.2) is 0 Å². The summed E-state index contributed by atoms with van der Waals surface area (Å²) in [5.41, 5.74) is 1.08. The van der Waals surface area contributed by atoms with E-state index in [2.05, 4.69) is 24.1 Å². The average molecular weight is 294 g/mol. The minimum absolute atomic E-state index is 0.424. The summed E-state index contributed by atoms with van der Waals surface area (Å²) < 4.78 is 7.83. The fraction of sp³-hybridized carbons (Fsp3) is 0.400. The highest BCUT2D eigenvalue weighted by Gasteiger charge is 2.08. The van der Waals surface area contributed by atoms with Gasteiger partial charge in [0.25, 0.3) is 0 Å². The zero-order valence-corrected chi connectivity index (χ0v) is 12.6. The molecule has 1 aromatic heterocycles. The van der Waals surface area contributed by atoms with Crippen LogP contribution < -0.4 is 10.1 Å². The van der Waals surface area contributed by atoms with Gasteiger partial charge in [-0.1, -0.05) is 37.6 Å². The normalized spacial score (nSPS) is 11.0. The van der Waals surface area contributed by atoms with E-state index >= 15 is 0 Å². The molecule has 0 aliphatic carbocycles. The number of para-hydroxylation sites is 1. The summed E-state index contributed by atoms with van der Waals surface area (Å²) in [7, 11) is 0. The zero-order valence-electron chi connectivity index (χ0n) is 11.8. The number of hydrogen-bond donors (Lipinski definition) is 1. The molecule has 4 nitrogen and oxygen atoms in total. The lowest BCUT2D eigenvalue weighted by molar-refractivity contribution is 0.294. The van der Waals surface area contributed by atoms with Crippen molar-refractivity contribution in [3.05, 3.63) is 47.5 Å². The fourth-order valence-corrected chi connectivity index (χ4v) is 2.09. The number of benzene rings is 1. The van der Waals surface area contributed by atoms with E-state index in [1.54, 1.807) is 12.5 Å². The Morgan fingerprint density at radius 3 is 2.95 bits per heavy atom. The lowest BCUT2D eigenvalue weighted by Crippen LogP contribution is -2.22. The van der Waals surface area contributed by atoms with Crippen molar-refractivity contribution in [3.8, 4) is 5.75 Å². The molecule has 0 unspecified atom stereocenters. The predicted molar refractivity (Wildman–Crippen MR) is 81.1 cm³/mol. The van der Waals surface area contributed by atoms with Gasteiger partial charge in [-0.05, 0) is 6.07 Å². The molecule has 0 aliphatic rings. The van der Waals surface area contributed by atoms with E-state index in [1.165, 1.54) is 0 Å². The highest BCUT2D eigenvalue weighted by atomic mass is 35.5. The number of imidazole rings is 1. The van der Waals surface area contributed by atoms with Gasteiger partial charge < -0.3 is 14.6 Å². The number of nitrogens with one attached hydrogen (secondary N) is 1. The number of halogens is 1. The summed E-state index contributed by atoms with van der Waals surface area (Å²) in [5, 5.41) is 4.03. The van der Waals surface area contributed by atoms with E-state index < -0.39 is 0 Å². The van der Waals surface area contributed by atoms with E-state index in [9.17, 15) is 0 Å². The molecule has 2 rings (SSSR count). The lowest BCUT2D eigenvalue weighted by atomic mass is 10.2. The van der Waals surface area contributed by atoms with Crippen LogP contribution in [0.3, 0.4) is 0 Å². The van der Waals surface area contributed by atoms with Crippen molar-refractivity contribution in [1.29, 1.82) is 0 Å². The maximum atomic E-state index is 6.23. The molecule has 0 aliphatic heterocycles. The Hall–Kier alpha value is -1.52. The van der Waals surface area contributed by atoms with Crippen LogP contribution in [0.5, 0.6) is 5.75 Å². The molecule has 0 bridgehead atoms. The highest BCUT2D eigenvalue weighted by Crippen LogP contribution is 2.28. The molecule has 108 valence electrons. The van der Waals surface area contributed by atoms with Crippen LogP contribution in [0.1, 0.15) is 19.4 Å². The van der Waals surface area contributed by atoms with Gasteiger partial charge in [-0.3, -0.25) is 0 Å². The number of ether oxygens (including phenoxy) is 1. The molecule has 0 radical (unpaired) electrons. The smallest absolute Gasteiger partial charge is 0.142 e. The molecule has 0 fully saturated rings. The first-order valence-electron chi connectivity index (χ1n) is 6.76. The van der Waals surface area contributed by atoms with E-state index in [-0.39, 0.29) is 0 Å². The summed E-state index contributed by atoms with van der Waals surface area (Å²) in [6, 6.07) is 6.26. The monoisotopic (exact) mass is 293 g/mol. The molecule has 2 aromatic rings. The van der Waals surface area contributed by atoms with Crippen molar-refractivity contribution in [2.45, 2.75) is 33.0 Å². The van der Waals surface area contributed by atoms with Gasteiger partial charge in [-0.15, -0.1) is 0 Å². The Balaban J connectivity index is 1.97. The fourth-order valence-electron chi connectivity index (χ4n) is 1.84. The predicted octanol–water partition coefficient (Wildman–Crippen LogP) is 3.11. The summed E-state index contributed by atoms with van der Waals surface area (Å²) in [5.74, 6) is 0.766. The zero-order chi connectivity index (χ0) is 14.4. The van der Waals surface area contributed by atoms with E-state index in [0.29, 0.717) is 17.7 Å². The van der Waals surface area contributed by atoms with Crippen molar-refractivity contribution >= 4 is 11.6 Å². The average Bonchev–Trinajstić information content (AvgIpc) is 2.92. The number of rotatable bonds is 7. The first kappa shape index (κ1) is 14.9. The standard InChI is InChI=1S/C15H20ClN3O/c1-12(2)18-10-13-4-3-5-14(16)15(13)20-9-8-19-7-6-17-11-19/h3-7,11-12,18H,8-10H2,1-2H3. The Bertz CT molecular complexity index is 526. The van der Waals surface area contributed by atoms with Gasteiger partial charge in [0.2, 0.25) is 0 Å². The highest BCUT2D eigenvalue weighted by molar-refractivity contribution is 6.32. The Kier molecular flexibility index (Phi) is 5.44. The quantitative estimate of drug-likeness (QED) is 0.852. The van der Waals surface area contributed by atoms with Crippen molar-refractivity contribution in [3.63, 3.8) is 0 Å². The van der Waals surface area contributed by atoms with Crippen molar-refractivity contribution < 1.29 is 4.74 Å². The first-order valence-corrected chi connectivity index (χ1v) is 7.14. The molecular formula is C15H20ClN3O. The third-order valence-electron chi connectivity index (χ3n) is 2.90. The molecular weight excluding hydrogens is 274 g/mol. The number of aromatic nitrogens is 2. The van der Waals surface area contributed by atoms with Crippen LogP contribution in [0.15, 0.2) is 36.9 Å². The molecule has 20 heavy (non-hydrogen) atoms. The van der Waals surface area contributed by atoms with E-state index in [4.69, 9.17) is 16.3 Å². The van der Waals surface area contributed by atoms with Crippen LogP contribution in [-0.2, 0) is 13.1 Å². The summed E-state index contributed by atoms with van der Waals surface area (Å²) in [6.45, 7) is 6.30. The maximum absolute atomic E-state index is 6.23. The second-order valence-electron chi connectivity index (χ2n) is 4.91. The third-order valence-corrected chi connectivity index (χ3v) is 3.20. The maximum Gasteiger partial charge on any atom is 0.142 e. The summed E-state index contributed by atoms with van der Waals surface area (Å²) in [4.78, 5) is 4.00. The van der Waals surface area contributed by atoms with Crippen molar-refractivity contribution in [1.82, 2.24) is 14.9 Å². The Labute approximate surface area is 124 Å². The van der Waals surface area contributed by atoms with E-state index in [1.807, 2.05) is 29.0 Å². The van der Waals surface area contributed by atoms with Gasteiger partial charge in [0.1, 0.15) is 12.4 Å². The summed E-state index contributed by atoms with van der Waals surface area (Å²) in [6.07, 6.45) is 5.45. The number of hydrogen-bond acceptors (Lipinski definition) is 3. The lowest BCUT2D eigenvalue weighted by Gasteiger charge is -2.15. The molecule has 1 heterocycles. The molecule has 1 N–H and O–H groups in total. The molecule has 0 saturated carbocycles. The van der Waals surface area contributed by atoms with Crippen molar-refractivity contribution in [2.75, 3.05) is 6.61 Å². The second kappa shape index (κ2) is 7.31. The minimum Gasteiger partial charge on any atom is -0.490 e. The number of nitrogens with zero attached hydrogens (tertiary/aromatic N) is 2. The van der Waals surface area contributed by atoms with Gasteiger partial charge in [-0.25, -0.2) is 4.98 Å². The Morgan fingerprint density at radius 1 is 1.40 bits per heavy atom. The SMILES string of the molecule is CC(C)NCc1cccc(Cl)c1OCCn1ccnc1. The van der Waals surface area contributed by atoms with Crippen LogP contribution in [0.4, 0.5) is 0 Å². The Morgan fingerprint density at radius 2 is 2.25 bits per heavy atom. The van der Waals surface area contributed by atoms with E-state index in [0.717, 1.165) is 24.4 Å². The molecule has 0 amide bonds. The van der Waals surface area contributed by atoms with Crippen LogP contribution in [-0.4, -0.2) is 22.2 Å². The minimum atomic E-state index is 0.424. The van der Waals surface area contributed by atoms with Gasteiger partial charge in [0, 0.05) is 30.5 Å². The summed E-state index contributed by atoms with van der Waals surface area (Å²) >= 11 is 6.23.